The molecule has 1 atom stereocenters. The highest BCUT2D eigenvalue weighted by molar-refractivity contribution is 6.06. The molecule has 10 heteroatoms. The summed E-state index contributed by atoms with van der Waals surface area (Å²) in [6.45, 7) is 6.01. The molecule has 0 heterocycles. The van der Waals surface area contributed by atoms with Gasteiger partial charge in [0.1, 0.15) is 11.4 Å². The zero-order chi connectivity index (χ0) is 29.3. The smallest absolute Gasteiger partial charge is 0.412 e. The monoisotopic (exact) mass is 549 g/mol. The highest BCUT2D eigenvalue weighted by Gasteiger charge is 2.19. The largest absolute Gasteiger partial charge is 0.444 e. The topological polar surface area (TPSA) is 112 Å². The number of nitrogens with one attached hydrogen (secondary N) is 4. The van der Waals surface area contributed by atoms with Gasteiger partial charge >= 0.3 is 12.1 Å². The lowest BCUT2D eigenvalue weighted by atomic mass is 10.0. The maximum Gasteiger partial charge on any atom is 0.412 e. The first-order valence-electron chi connectivity index (χ1n) is 12.9. The van der Waals surface area contributed by atoms with Gasteiger partial charge in [0.05, 0.1) is 17.4 Å². The number of carbonyl (C=O) groups is 3. The minimum absolute atomic E-state index is 0.335. The number of carbonyl (C=O) groups excluding carboxylic acids is 3. The fraction of sp³-hybridized carbons (Fsp3) is 0.300. The number of anilines is 3. The number of rotatable bonds is 9. The lowest BCUT2D eigenvalue weighted by Gasteiger charge is -2.22. The lowest BCUT2D eigenvalue weighted by Crippen LogP contribution is -2.34. The average molecular weight is 550 g/mol. The SMILES string of the molecule is CN(C)CCC(NC(=O)Nc1ccc(F)cc1)c1ccc(C(=O)Nc2ccccc2NC(=O)OC(C)(C)C)cc1. The number of halogens is 1. The van der Waals surface area contributed by atoms with Crippen molar-refractivity contribution in [3.63, 3.8) is 0 Å². The fourth-order valence-corrected chi connectivity index (χ4v) is 3.74. The van der Waals surface area contributed by atoms with Crippen LogP contribution in [-0.2, 0) is 4.74 Å². The van der Waals surface area contributed by atoms with E-state index in [0.29, 0.717) is 35.6 Å². The Labute approximate surface area is 234 Å². The highest BCUT2D eigenvalue weighted by Crippen LogP contribution is 2.24. The number of nitrogens with zero attached hydrogens (tertiary/aromatic N) is 1. The van der Waals surface area contributed by atoms with Crippen LogP contribution in [0.25, 0.3) is 0 Å². The summed E-state index contributed by atoms with van der Waals surface area (Å²) in [5, 5.41) is 11.2. The van der Waals surface area contributed by atoms with Crippen molar-refractivity contribution in [1.29, 1.82) is 0 Å². The average Bonchev–Trinajstić information content (AvgIpc) is 2.88. The molecule has 0 bridgehead atoms. The molecule has 0 aliphatic heterocycles. The zero-order valence-corrected chi connectivity index (χ0v) is 23.4. The van der Waals surface area contributed by atoms with Crippen molar-refractivity contribution in [2.75, 3.05) is 36.6 Å². The first-order valence-corrected chi connectivity index (χ1v) is 12.9. The van der Waals surface area contributed by atoms with Crippen molar-refractivity contribution >= 4 is 35.1 Å². The molecule has 0 saturated heterocycles. The molecule has 3 rings (SSSR count). The van der Waals surface area contributed by atoms with Gasteiger partial charge in [0.25, 0.3) is 5.91 Å². The van der Waals surface area contributed by atoms with Gasteiger partial charge in [0.2, 0.25) is 0 Å². The van der Waals surface area contributed by atoms with Crippen molar-refractivity contribution in [3.05, 3.63) is 89.7 Å². The summed E-state index contributed by atoms with van der Waals surface area (Å²) >= 11 is 0. The molecule has 3 aromatic carbocycles. The normalized spacial score (nSPS) is 11.9. The van der Waals surface area contributed by atoms with Crippen molar-refractivity contribution in [2.24, 2.45) is 0 Å². The molecule has 9 nitrogen and oxygen atoms in total. The highest BCUT2D eigenvalue weighted by atomic mass is 19.1. The minimum Gasteiger partial charge on any atom is -0.444 e. The number of urea groups is 1. The second-order valence-corrected chi connectivity index (χ2v) is 10.5. The van der Waals surface area contributed by atoms with E-state index in [-0.39, 0.29) is 17.8 Å². The Hall–Kier alpha value is -4.44. The van der Waals surface area contributed by atoms with Crippen LogP contribution in [0.4, 0.5) is 31.0 Å². The van der Waals surface area contributed by atoms with Crippen molar-refractivity contribution in [2.45, 2.75) is 38.8 Å². The van der Waals surface area contributed by atoms with Gasteiger partial charge in [0.15, 0.2) is 0 Å². The zero-order valence-electron chi connectivity index (χ0n) is 23.4. The molecule has 0 fully saturated rings. The van der Waals surface area contributed by atoms with E-state index in [9.17, 15) is 18.8 Å². The van der Waals surface area contributed by atoms with Crippen LogP contribution in [0.3, 0.4) is 0 Å². The molecule has 4 N–H and O–H groups in total. The number of amides is 4. The first-order chi connectivity index (χ1) is 18.9. The van der Waals surface area contributed by atoms with Gasteiger partial charge in [-0.2, -0.15) is 0 Å². The molecule has 0 aromatic heterocycles. The van der Waals surface area contributed by atoms with E-state index in [2.05, 4.69) is 21.3 Å². The Morgan fingerprint density at radius 3 is 2.02 bits per heavy atom. The number of para-hydroxylation sites is 2. The molecular formula is C30H36FN5O4. The molecule has 0 aliphatic rings. The third-order valence-corrected chi connectivity index (χ3v) is 5.66. The summed E-state index contributed by atoms with van der Waals surface area (Å²) in [4.78, 5) is 39.9. The van der Waals surface area contributed by atoms with Gasteiger partial charge in [-0.15, -0.1) is 0 Å². The van der Waals surface area contributed by atoms with E-state index in [1.165, 1.54) is 24.3 Å². The number of benzene rings is 3. The minimum atomic E-state index is -0.662. The van der Waals surface area contributed by atoms with Crippen LogP contribution in [0.5, 0.6) is 0 Å². The number of ether oxygens (including phenoxy) is 1. The van der Waals surface area contributed by atoms with Gasteiger partial charge in [-0.1, -0.05) is 24.3 Å². The van der Waals surface area contributed by atoms with E-state index in [4.69, 9.17) is 4.74 Å². The summed E-state index contributed by atoms with van der Waals surface area (Å²) in [6, 6.07) is 18.5. The molecule has 0 aliphatic carbocycles. The Kier molecular flexibility index (Phi) is 10.2. The van der Waals surface area contributed by atoms with Crippen molar-refractivity contribution in [3.8, 4) is 0 Å². The predicted molar refractivity (Wildman–Crippen MR) is 155 cm³/mol. The van der Waals surface area contributed by atoms with Crippen LogP contribution in [0, 0.1) is 5.82 Å². The third-order valence-electron chi connectivity index (χ3n) is 5.66. The quantitative estimate of drug-likeness (QED) is 0.253. The van der Waals surface area contributed by atoms with Gasteiger partial charge in [-0.05, 0) is 102 Å². The maximum atomic E-state index is 13.2. The molecule has 4 amide bonds. The Bertz CT molecular complexity index is 1300. The Morgan fingerprint density at radius 2 is 1.45 bits per heavy atom. The van der Waals surface area contributed by atoms with Gasteiger partial charge in [0, 0.05) is 11.3 Å². The standard InChI is InChI=1S/C30H36FN5O4/c1-30(2,3)40-29(39)35-26-9-7-6-8-25(26)33-27(37)21-12-10-20(11-13-21)24(18-19-36(4)5)34-28(38)32-23-16-14-22(31)15-17-23/h6-17,24H,18-19H2,1-5H3,(H,33,37)(H,35,39)(H2,32,34,38). The Balaban J connectivity index is 1.69. The molecule has 1 unspecified atom stereocenters. The second-order valence-electron chi connectivity index (χ2n) is 10.5. The van der Waals surface area contributed by atoms with Gasteiger partial charge in [-0.3, -0.25) is 10.1 Å². The number of hydrogen-bond donors (Lipinski definition) is 4. The maximum absolute atomic E-state index is 13.2. The molecular weight excluding hydrogens is 513 g/mol. The molecule has 0 saturated carbocycles. The van der Waals surface area contributed by atoms with Gasteiger partial charge < -0.3 is 25.6 Å². The van der Waals surface area contributed by atoms with Crippen LogP contribution in [0.2, 0.25) is 0 Å². The van der Waals surface area contributed by atoms with Gasteiger partial charge in [-0.25, -0.2) is 14.0 Å². The number of hydrogen-bond acceptors (Lipinski definition) is 5. The summed E-state index contributed by atoms with van der Waals surface area (Å²) < 4.78 is 18.5. The lowest BCUT2D eigenvalue weighted by molar-refractivity contribution is 0.0635. The van der Waals surface area contributed by atoms with E-state index in [1.54, 1.807) is 69.3 Å². The molecule has 40 heavy (non-hydrogen) atoms. The summed E-state index contributed by atoms with van der Waals surface area (Å²) in [5.41, 5.74) is 1.86. The van der Waals surface area contributed by atoms with E-state index in [0.717, 1.165) is 5.56 Å². The van der Waals surface area contributed by atoms with Crippen LogP contribution in [-0.4, -0.2) is 49.2 Å². The second kappa shape index (κ2) is 13.6. The predicted octanol–water partition coefficient (Wildman–Crippen LogP) is 6.24. The van der Waals surface area contributed by atoms with E-state index in [1.807, 2.05) is 19.0 Å². The van der Waals surface area contributed by atoms with Crippen LogP contribution < -0.4 is 21.3 Å². The summed E-state index contributed by atoms with van der Waals surface area (Å²) in [6.07, 6.45) is -0.00249. The summed E-state index contributed by atoms with van der Waals surface area (Å²) in [7, 11) is 3.89. The van der Waals surface area contributed by atoms with Crippen molar-refractivity contribution < 1.29 is 23.5 Å². The summed E-state index contributed by atoms with van der Waals surface area (Å²) in [5.74, 6) is -0.751. The van der Waals surface area contributed by atoms with E-state index < -0.39 is 17.7 Å². The molecule has 0 spiro atoms. The molecule has 3 aromatic rings. The van der Waals surface area contributed by atoms with Crippen molar-refractivity contribution in [1.82, 2.24) is 10.2 Å². The molecule has 212 valence electrons. The fourth-order valence-electron chi connectivity index (χ4n) is 3.74. The Morgan fingerprint density at radius 1 is 0.850 bits per heavy atom. The molecule has 0 radical (unpaired) electrons. The van der Waals surface area contributed by atoms with E-state index >= 15 is 0 Å². The third kappa shape index (κ3) is 9.70. The van der Waals surface area contributed by atoms with Crippen LogP contribution in [0.15, 0.2) is 72.8 Å². The van der Waals surface area contributed by atoms with Crippen LogP contribution >= 0.6 is 0 Å². The van der Waals surface area contributed by atoms with Crippen LogP contribution in [0.1, 0.15) is 49.2 Å². The first kappa shape index (κ1) is 30.1.